The Bertz CT molecular complexity index is 998. The standard InChI is InChI=1S/C24H26N2O2S/c27-19(16-28-17-20-9-6-12-29-20)13-25-14-22(18-7-2-1-3-8-18)23-15-26-24-11-5-4-10-21(23)24/h1-12,15,19,22,25-27H,13-14,16-17H2/t19-,22+/m0/s1. The Hall–Kier alpha value is -2.44. The third-order valence-electron chi connectivity index (χ3n) is 5.06. The van der Waals surface area contributed by atoms with Gasteiger partial charge in [0.05, 0.1) is 19.3 Å². The van der Waals surface area contributed by atoms with Gasteiger partial charge in [0.1, 0.15) is 0 Å². The monoisotopic (exact) mass is 406 g/mol. The Kier molecular flexibility index (Phi) is 6.75. The van der Waals surface area contributed by atoms with Crippen molar-refractivity contribution >= 4 is 22.2 Å². The molecule has 0 aliphatic carbocycles. The van der Waals surface area contributed by atoms with Crippen molar-refractivity contribution in [1.29, 1.82) is 0 Å². The molecule has 0 saturated heterocycles. The highest BCUT2D eigenvalue weighted by Gasteiger charge is 2.18. The fourth-order valence-corrected chi connectivity index (χ4v) is 4.26. The second-order valence-electron chi connectivity index (χ2n) is 7.16. The molecule has 0 spiro atoms. The van der Waals surface area contributed by atoms with E-state index in [1.54, 1.807) is 11.3 Å². The van der Waals surface area contributed by atoms with Crippen LogP contribution in [-0.4, -0.2) is 35.9 Å². The first kappa shape index (κ1) is 19.9. The minimum Gasteiger partial charge on any atom is -0.389 e. The van der Waals surface area contributed by atoms with E-state index < -0.39 is 6.10 Å². The van der Waals surface area contributed by atoms with Crippen molar-refractivity contribution in [1.82, 2.24) is 10.3 Å². The number of hydrogen-bond donors (Lipinski definition) is 3. The number of hydrogen-bond acceptors (Lipinski definition) is 4. The van der Waals surface area contributed by atoms with Crippen LogP contribution >= 0.6 is 11.3 Å². The molecule has 4 rings (SSSR count). The molecule has 2 heterocycles. The summed E-state index contributed by atoms with van der Waals surface area (Å²) in [4.78, 5) is 4.56. The number of aliphatic hydroxyl groups excluding tert-OH is 1. The number of aromatic nitrogens is 1. The van der Waals surface area contributed by atoms with Gasteiger partial charge in [-0.2, -0.15) is 0 Å². The number of fused-ring (bicyclic) bond motifs is 1. The summed E-state index contributed by atoms with van der Waals surface area (Å²) in [6.07, 6.45) is 1.57. The Balaban J connectivity index is 1.37. The van der Waals surface area contributed by atoms with Crippen LogP contribution in [0.1, 0.15) is 21.9 Å². The molecule has 150 valence electrons. The van der Waals surface area contributed by atoms with Crippen LogP contribution in [0.5, 0.6) is 0 Å². The number of ether oxygens (including phenoxy) is 1. The molecule has 2 aromatic heterocycles. The molecular weight excluding hydrogens is 380 g/mol. The number of aliphatic hydroxyl groups is 1. The molecule has 0 bridgehead atoms. The van der Waals surface area contributed by atoms with Gasteiger partial charge in [-0.05, 0) is 28.6 Å². The molecule has 4 nitrogen and oxygen atoms in total. The highest BCUT2D eigenvalue weighted by Crippen LogP contribution is 2.30. The van der Waals surface area contributed by atoms with Gasteiger partial charge >= 0.3 is 0 Å². The number of nitrogens with one attached hydrogen (secondary N) is 2. The quantitative estimate of drug-likeness (QED) is 0.363. The average molecular weight is 407 g/mol. The summed E-state index contributed by atoms with van der Waals surface area (Å²) < 4.78 is 5.63. The van der Waals surface area contributed by atoms with Gasteiger partial charge in [-0.15, -0.1) is 11.3 Å². The first-order valence-corrected chi connectivity index (χ1v) is 10.8. The summed E-state index contributed by atoms with van der Waals surface area (Å²) in [7, 11) is 0. The van der Waals surface area contributed by atoms with Crippen molar-refractivity contribution < 1.29 is 9.84 Å². The Morgan fingerprint density at radius 3 is 2.62 bits per heavy atom. The lowest BCUT2D eigenvalue weighted by atomic mass is 9.91. The fourth-order valence-electron chi connectivity index (χ4n) is 3.62. The lowest BCUT2D eigenvalue weighted by Gasteiger charge is -2.19. The SMILES string of the molecule is O[C@@H](CNC[C@H](c1ccccc1)c1c[nH]c2ccccc12)COCc1cccs1. The normalized spacial score (nSPS) is 13.6. The lowest BCUT2D eigenvalue weighted by Crippen LogP contribution is -2.33. The molecule has 0 aliphatic rings. The van der Waals surface area contributed by atoms with Crippen LogP contribution in [0.25, 0.3) is 10.9 Å². The molecule has 2 atom stereocenters. The molecule has 29 heavy (non-hydrogen) atoms. The first-order valence-electron chi connectivity index (χ1n) is 9.91. The molecule has 5 heteroatoms. The number of H-pyrrole nitrogens is 1. The fraction of sp³-hybridized carbons (Fsp3) is 0.250. The molecular formula is C24H26N2O2S. The summed E-state index contributed by atoms with van der Waals surface area (Å²) in [5, 5.41) is 17.0. The van der Waals surface area contributed by atoms with Gasteiger partial charge in [0.15, 0.2) is 0 Å². The third kappa shape index (κ3) is 5.14. The van der Waals surface area contributed by atoms with Gasteiger partial charge < -0.3 is 20.1 Å². The van der Waals surface area contributed by atoms with Crippen molar-refractivity contribution in [3.05, 3.63) is 94.3 Å². The highest BCUT2D eigenvalue weighted by molar-refractivity contribution is 7.09. The van der Waals surface area contributed by atoms with Crippen molar-refractivity contribution in [2.45, 2.75) is 18.6 Å². The molecule has 0 saturated carbocycles. The maximum atomic E-state index is 10.3. The van der Waals surface area contributed by atoms with Crippen molar-refractivity contribution in [2.75, 3.05) is 19.7 Å². The smallest absolute Gasteiger partial charge is 0.0897 e. The van der Waals surface area contributed by atoms with Gasteiger partial charge in [-0.25, -0.2) is 0 Å². The number of thiophene rings is 1. The van der Waals surface area contributed by atoms with Crippen molar-refractivity contribution in [3.8, 4) is 0 Å². The predicted molar refractivity (Wildman–Crippen MR) is 119 cm³/mol. The highest BCUT2D eigenvalue weighted by atomic mass is 32.1. The van der Waals surface area contributed by atoms with Crippen LogP contribution in [0.4, 0.5) is 0 Å². The summed E-state index contributed by atoms with van der Waals surface area (Å²) in [5.74, 6) is 0.201. The molecule has 3 N–H and O–H groups in total. The van der Waals surface area contributed by atoms with E-state index in [1.807, 2.05) is 29.6 Å². The first-order chi connectivity index (χ1) is 14.3. The summed E-state index contributed by atoms with van der Waals surface area (Å²) in [5.41, 5.74) is 3.67. The Morgan fingerprint density at radius 1 is 0.966 bits per heavy atom. The summed E-state index contributed by atoms with van der Waals surface area (Å²) >= 11 is 1.67. The van der Waals surface area contributed by atoms with Gasteiger partial charge in [0.25, 0.3) is 0 Å². The number of rotatable bonds is 10. The molecule has 0 aliphatic heterocycles. The largest absolute Gasteiger partial charge is 0.389 e. The van der Waals surface area contributed by atoms with E-state index in [2.05, 4.69) is 59.0 Å². The van der Waals surface area contributed by atoms with Crippen LogP contribution in [0.3, 0.4) is 0 Å². The molecule has 4 aromatic rings. The minimum absolute atomic E-state index is 0.201. The van der Waals surface area contributed by atoms with Gasteiger partial charge in [0.2, 0.25) is 0 Å². The average Bonchev–Trinajstić information content (AvgIpc) is 3.42. The summed E-state index contributed by atoms with van der Waals surface area (Å²) in [6.45, 7) is 2.12. The maximum absolute atomic E-state index is 10.3. The second kappa shape index (κ2) is 9.85. The van der Waals surface area contributed by atoms with E-state index >= 15 is 0 Å². The van der Waals surface area contributed by atoms with Gasteiger partial charge in [-0.1, -0.05) is 54.6 Å². The van der Waals surface area contributed by atoms with E-state index in [0.29, 0.717) is 19.8 Å². The van der Waals surface area contributed by atoms with E-state index in [4.69, 9.17) is 4.74 Å². The van der Waals surface area contributed by atoms with Crippen LogP contribution in [-0.2, 0) is 11.3 Å². The van der Waals surface area contributed by atoms with Crippen LogP contribution in [0.15, 0.2) is 78.3 Å². The zero-order chi connectivity index (χ0) is 19.9. The molecule has 0 unspecified atom stereocenters. The number of aromatic amines is 1. The maximum Gasteiger partial charge on any atom is 0.0897 e. The Morgan fingerprint density at radius 2 is 1.79 bits per heavy atom. The van der Waals surface area contributed by atoms with Crippen molar-refractivity contribution in [2.24, 2.45) is 0 Å². The van der Waals surface area contributed by atoms with E-state index in [1.165, 1.54) is 21.4 Å². The number of benzene rings is 2. The van der Waals surface area contributed by atoms with E-state index in [9.17, 15) is 5.11 Å². The zero-order valence-corrected chi connectivity index (χ0v) is 17.1. The zero-order valence-electron chi connectivity index (χ0n) is 16.3. The van der Waals surface area contributed by atoms with Crippen LogP contribution in [0.2, 0.25) is 0 Å². The van der Waals surface area contributed by atoms with E-state index in [-0.39, 0.29) is 5.92 Å². The predicted octanol–water partition coefficient (Wildman–Crippen LogP) is 4.53. The molecule has 0 amide bonds. The second-order valence-corrected chi connectivity index (χ2v) is 8.19. The van der Waals surface area contributed by atoms with E-state index in [0.717, 1.165) is 12.1 Å². The van der Waals surface area contributed by atoms with Gasteiger partial charge in [0, 0.05) is 41.0 Å². The van der Waals surface area contributed by atoms with Crippen LogP contribution < -0.4 is 5.32 Å². The third-order valence-corrected chi connectivity index (χ3v) is 5.91. The van der Waals surface area contributed by atoms with Crippen molar-refractivity contribution in [3.63, 3.8) is 0 Å². The van der Waals surface area contributed by atoms with Crippen LogP contribution in [0, 0.1) is 0 Å². The lowest BCUT2D eigenvalue weighted by molar-refractivity contribution is 0.0299. The Labute approximate surface area is 175 Å². The van der Waals surface area contributed by atoms with Gasteiger partial charge in [-0.3, -0.25) is 0 Å². The molecule has 2 aromatic carbocycles. The molecule has 0 fully saturated rings. The topological polar surface area (TPSA) is 57.3 Å². The number of para-hydroxylation sites is 1. The molecule has 0 radical (unpaired) electrons. The minimum atomic E-state index is -0.533. The summed E-state index contributed by atoms with van der Waals surface area (Å²) in [6, 6.07) is 22.9.